The van der Waals surface area contributed by atoms with E-state index in [0.717, 1.165) is 37.6 Å². The first-order valence-electron chi connectivity index (χ1n) is 6.05. The predicted molar refractivity (Wildman–Crippen MR) is 62.1 cm³/mol. The van der Waals surface area contributed by atoms with E-state index in [1.165, 1.54) is 6.42 Å². The lowest BCUT2D eigenvalue weighted by Crippen LogP contribution is -2.12. The fraction of sp³-hybridized carbons (Fsp3) is 0.833. The molecule has 0 aliphatic carbocycles. The van der Waals surface area contributed by atoms with E-state index in [1.807, 2.05) is 0 Å². The van der Waals surface area contributed by atoms with E-state index >= 15 is 0 Å². The van der Waals surface area contributed by atoms with Crippen LogP contribution < -0.4 is 5.32 Å². The molecule has 0 amide bonds. The van der Waals surface area contributed by atoms with Crippen molar-refractivity contribution in [1.29, 1.82) is 0 Å². The van der Waals surface area contributed by atoms with Gasteiger partial charge in [0.15, 0.2) is 5.82 Å². The van der Waals surface area contributed by atoms with Gasteiger partial charge >= 0.3 is 0 Å². The second-order valence-corrected chi connectivity index (χ2v) is 5.90. The molecule has 2 heterocycles. The molecule has 2 rings (SSSR count). The minimum absolute atomic E-state index is 0.218. The largest absolute Gasteiger partial charge is 0.339 e. The molecule has 1 saturated heterocycles. The first-order chi connectivity index (χ1) is 7.53. The molecule has 1 aromatic heterocycles. The molecule has 1 aliphatic heterocycles. The zero-order chi connectivity index (χ0) is 11.6. The maximum Gasteiger partial charge on any atom is 0.226 e. The zero-order valence-corrected chi connectivity index (χ0v) is 10.4. The van der Waals surface area contributed by atoms with E-state index in [0.29, 0.717) is 5.92 Å². The molecule has 90 valence electrons. The minimum Gasteiger partial charge on any atom is -0.339 e. The summed E-state index contributed by atoms with van der Waals surface area (Å²) in [6, 6.07) is 0. The van der Waals surface area contributed by atoms with E-state index < -0.39 is 0 Å². The molecular weight excluding hydrogens is 202 g/mol. The molecule has 0 saturated carbocycles. The second-order valence-electron chi connectivity index (χ2n) is 5.90. The van der Waals surface area contributed by atoms with Gasteiger partial charge in [-0.25, -0.2) is 0 Å². The number of hydrogen-bond donors (Lipinski definition) is 1. The lowest BCUT2D eigenvalue weighted by molar-refractivity contribution is 0.342. The molecule has 0 aromatic carbocycles. The summed E-state index contributed by atoms with van der Waals surface area (Å²) in [6.07, 6.45) is 3.01. The van der Waals surface area contributed by atoms with E-state index in [-0.39, 0.29) is 5.41 Å². The Balaban J connectivity index is 1.91. The van der Waals surface area contributed by atoms with Crippen molar-refractivity contribution in [3.63, 3.8) is 0 Å². The van der Waals surface area contributed by atoms with Gasteiger partial charge in [-0.05, 0) is 30.8 Å². The van der Waals surface area contributed by atoms with Crippen molar-refractivity contribution in [1.82, 2.24) is 15.5 Å². The van der Waals surface area contributed by atoms with Crippen LogP contribution >= 0.6 is 0 Å². The predicted octanol–water partition coefficient (Wildman–Crippen LogP) is 1.81. The lowest BCUT2D eigenvalue weighted by Gasteiger charge is -2.14. The zero-order valence-electron chi connectivity index (χ0n) is 10.4. The Hall–Kier alpha value is -0.900. The summed E-state index contributed by atoms with van der Waals surface area (Å²) < 4.78 is 5.28. The number of nitrogens with zero attached hydrogens (tertiary/aromatic N) is 2. The number of hydrogen-bond acceptors (Lipinski definition) is 4. The summed E-state index contributed by atoms with van der Waals surface area (Å²) in [5, 5.41) is 7.38. The molecule has 0 radical (unpaired) electrons. The van der Waals surface area contributed by atoms with Crippen LogP contribution in [0.1, 0.15) is 38.9 Å². The van der Waals surface area contributed by atoms with Crippen LogP contribution in [0, 0.1) is 11.3 Å². The molecule has 0 spiro atoms. The molecule has 16 heavy (non-hydrogen) atoms. The van der Waals surface area contributed by atoms with Crippen LogP contribution in [-0.4, -0.2) is 23.2 Å². The summed E-state index contributed by atoms with van der Waals surface area (Å²) in [4.78, 5) is 4.45. The fourth-order valence-electron chi connectivity index (χ4n) is 2.05. The van der Waals surface area contributed by atoms with E-state index in [1.54, 1.807) is 0 Å². The smallest absolute Gasteiger partial charge is 0.226 e. The summed E-state index contributed by atoms with van der Waals surface area (Å²) >= 11 is 0. The first kappa shape index (κ1) is 11.6. The maximum atomic E-state index is 5.28. The van der Waals surface area contributed by atoms with Crippen molar-refractivity contribution in [2.45, 2.75) is 40.0 Å². The molecule has 1 aromatic rings. The monoisotopic (exact) mass is 223 g/mol. The lowest BCUT2D eigenvalue weighted by atomic mass is 9.92. The molecule has 1 aliphatic rings. The van der Waals surface area contributed by atoms with Crippen LogP contribution in [-0.2, 0) is 12.8 Å². The van der Waals surface area contributed by atoms with Gasteiger partial charge in [-0.1, -0.05) is 25.9 Å². The third kappa shape index (κ3) is 3.30. The molecule has 4 heteroatoms. The third-order valence-corrected chi connectivity index (χ3v) is 2.82. The molecule has 1 N–H and O–H groups in total. The molecular formula is C12H21N3O. The number of rotatable bonds is 3. The van der Waals surface area contributed by atoms with Crippen molar-refractivity contribution in [2.24, 2.45) is 11.3 Å². The molecule has 1 fully saturated rings. The fourth-order valence-corrected chi connectivity index (χ4v) is 2.05. The highest BCUT2D eigenvalue weighted by Gasteiger charge is 2.20. The summed E-state index contributed by atoms with van der Waals surface area (Å²) in [5.74, 6) is 2.31. The Kier molecular flexibility index (Phi) is 3.28. The van der Waals surface area contributed by atoms with Gasteiger partial charge in [-0.3, -0.25) is 0 Å². The van der Waals surface area contributed by atoms with Gasteiger partial charge in [0.2, 0.25) is 5.89 Å². The summed E-state index contributed by atoms with van der Waals surface area (Å²) in [5.41, 5.74) is 0.218. The Morgan fingerprint density at radius 2 is 2.25 bits per heavy atom. The van der Waals surface area contributed by atoms with Crippen LogP contribution in [0.2, 0.25) is 0 Å². The van der Waals surface area contributed by atoms with Gasteiger partial charge in [0.1, 0.15) is 0 Å². The Morgan fingerprint density at radius 1 is 1.44 bits per heavy atom. The highest BCUT2D eigenvalue weighted by atomic mass is 16.5. The van der Waals surface area contributed by atoms with Gasteiger partial charge in [0.05, 0.1) is 0 Å². The standard InChI is InChI=1S/C12H21N3O/c1-12(2,3)7-10-14-11(16-15-10)6-9-4-5-13-8-9/h9,13H,4-8H2,1-3H3. The average molecular weight is 223 g/mol. The van der Waals surface area contributed by atoms with Crippen molar-refractivity contribution in [2.75, 3.05) is 13.1 Å². The van der Waals surface area contributed by atoms with Crippen LogP contribution in [0.5, 0.6) is 0 Å². The van der Waals surface area contributed by atoms with Crippen molar-refractivity contribution >= 4 is 0 Å². The van der Waals surface area contributed by atoms with Crippen molar-refractivity contribution < 1.29 is 4.52 Å². The van der Waals surface area contributed by atoms with E-state index in [4.69, 9.17) is 4.52 Å². The topological polar surface area (TPSA) is 51.0 Å². The van der Waals surface area contributed by atoms with Gasteiger partial charge in [0.25, 0.3) is 0 Å². The van der Waals surface area contributed by atoms with Gasteiger partial charge in [0, 0.05) is 12.8 Å². The Morgan fingerprint density at radius 3 is 2.88 bits per heavy atom. The average Bonchev–Trinajstić information content (AvgIpc) is 2.75. The van der Waals surface area contributed by atoms with Crippen LogP contribution in [0.25, 0.3) is 0 Å². The summed E-state index contributed by atoms with van der Waals surface area (Å²) in [6.45, 7) is 8.75. The number of nitrogens with one attached hydrogen (secondary N) is 1. The number of aromatic nitrogens is 2. The first-order valence-corrected chi connectivity index (χ1v) is 6.05. The highest BCUT2D eigenvalue weighted by Crippen LogP contribution is 2.19. The SMILES string of the molecule is CC(C)(C)Cc1noc(CC2CCNC2)n1. The van der Waals surface area contributed by atoms with Crippen molar-refractivity contribution in [3.05, 3.63) is 11.7 Å². The van der Waals surface area contributed by atoms with Crippen LogP contribution in [0.15, 0.2) is 4.52 Å². The molecule has 4 nitrogen and oxygen atoms in total. The normalized spacial score (nSPS) is 21.6. The quantitative estimate of drug-likeness (QED) is 0.849. The molecule has 1 atom stereocenters. The van der Waals surface area contributed by atoms with Gasteiger partial charge < -0.3 is 9.84 Å². The molecule has 1 unspecified atom stereocenters. The van der Waals surface area contributed by atoms with Crippen molar-refractivity contribution in [3.8, 4) is 0 Å². The highest BCUT2D eigenvalue weighted by molar-refractivity contribution is 4.92. The van der Waals surface area contributed by atoms with E-state index in [9.17, 15) is 0 Å². The summed E-state index contributed by atoms with van der Waals surface area (Å²) in [7, 11) is 0. The molecule has 0 bridgehead atoms. The van der Waals surface area contributed by atoms with Crippen LogP contribution in [0.3, 0.4) is 0 Å². The minimum atomic E-state index is 0.218. The van der Waals surface area contributed by atoms with Gasteiger partial charge in [-0.15, -0.1) is 0 Å². The maximum absolute atomic E-state index is 5.28. The third-order valence-electron chi connectivity index (χ3n) is 2.82. The van der Waals surface area contributed by atoms with Crippen LogP contribution in [0.4, 0.5) is 0 Å². The van der Waals surface area contributed by atoms with E-state index in [2.05, 4.69) is 36.2 Å². The Labute approximate surface area is 96.8 Å². The second kappa shape index (κ2) is 4.53. The van der Waals surface area contributed by atoms with Gasteiger partial charge in [-0.2, -0.15) is 4.98 Å². The Bertz CT molecular complexity index is 334.